The Morgan fingerprint density at radius 1 is 1.44 bits per heavy atom. The Labute approximate surface area is 102 Å². The van der Waals surface area contributed by atoms with Crippen LogP contribution in [0, 0.1) is 5.82 Å². The smallest absolute Gasteiger partial charge is 0.151 e. The second kappa shape index (κ2) is 3.83. The van der Waals surface area contributed by atoms with Crippen LogP contribution < -0.4 is 5.73 Å². The average Bonchev–Trinajstić information content (AvgIpc) is 2.92. The molecule has 0 amide bonds. The van der Waals surface area contributed by atoms with Gasteiger partial charge in [-0.05, 0) is 19.1 Å². The minimum absolute atomic E-state index is 0.331. The summed E-state index contributed by atoms with van der Waals surface area (Å²) in [5.74, 6) is 0.729. The number of aromatic amines is 1. The van der Waals surface area contributed by atoms with Gasteiger partial charge in [0.1, 0.15) is 17.2 Å². The molecule has 18 heavy (non-hydrogen) atoms. The first-order chi connectivity index (χ1) is 8.72. The molecule has 2 heterocycles. The van der Waals surface area contributed by atoms with Gasteiger partial charge in [-0.15, -0.1) is 0 Å². The van der Waals surface area contributed by atoms with E-state index < -0.39 is 0 Å². The molecule has 3 N–H and O–H groups in total. The maximum absolute atomic E-state index is 13.7. The van der Waals surface area contributed by atoms with Crippen LogP contribution in [0.25, 0.3) is 22.4 Å². The van der Waals surface area contributed by atoms with Crippen molar-refractivity contribution in [2.45, 2.75) is 13.5 Å². The third-order valence-electron chi connectivity index (χ3n) is 2.96. The van der Waals surface area contributed by atoms with Crippen molar-refractivity contribution in [2.75, 3.05) is 5.73 Å². The lowest BCUT2D eigenvalue weighted by Gasteiger charge is -2.04. The van der Waals surface area contributed by atoms with Gasteiger partial charge < -0.3 is 10.3 Å². The molecule has 3 aromatic rings. The SMILES string of the molecule is CCn1c(-c2cn[nH]c2N)nc2c(F)cccc21. The zero-order chi connectivity index (χ0) is 12.7. The number of fused-ring (bicyclic) bond motifs is 1. The number of aryl methyl sites for hydroxylation is 1. The van der Waals surface area contributed by atoms with Crippen LogP contribution in [0.3, 0.4) is 0 Å². The summed E-state index contributed by atoms with van der Waals surface area (Å²) in [4.78, 5) is 4.33. The number of rotatable bonds is 2. The van der Waals surface area contributed by atoms with Crippen molar-refractivity contribution in [3.8, 4) is 11.4 Å². The molecular weight excluding hydrogens is 233 g/mol. The maximum Gasteiger partial charge on any atom is 0.151 e. The van der Waals surface area contributed by atoms with Crippen molar-refractivity contribution < 1.29 is 4.39 Å². The number of nitrogens with one attached hydrogen (secondary N) is 1. The standard InChI is InChI=1S/C12H12FN5/c1-2-18-9-5-3-4-8(13)10(9)16-12(18)7-6-15-17-11(7)14/h3-6H,2H2,1H3,(H3,14,15,17). The molecule has 0 radical (unpaired) electrons. The third-order valence-corrected chi connectivity index (χ3v) is 2.96. The molecule has 3 rings (SSSR count). The van der Waals surface area contributed by atoms with Gasteiger partial charge >= 0.3 is 0 Å². The number of hydrogen-bond donors (Lipinski definition) is 2. The number of aromatic nitrogens is 4. The van der Waals surface area contributed by atoms with Gasteiger partial charge in [0.05, 0.1) is 17.3 Å². The minimum Gasteiger partial charge on any atom is -0.383 e. The van der Waals surface area contributed by atoms with Crippen molar-refractivity contribution >= 4 is 16.9 Å². The van der Waals surface area contributed by atoms with E-state index in [0.29, 0.717) is 29.3 Å². The predicted octanol–water partition coefficient (Wildman–Crippen LogP) is 2.17. The maximum atomic E-state index is 13.7. The minimum atomic E-state index is -0.331. The molecule has 6 heteroatoms. The monoisotopic (exact) mass is 245 g/mol. The molecule has 92 valence electrons. The number of nitrogens with zero attached hydrogens (tertiary/aromatic N) is 3. The summed E-state index contributed by atoms with van der Waals surface area (Å²) >= 11 is 0. The fourth-order valence-electron chi connectivity index (χ4n) is 2.11. The van der Waals surface area contributed by atoms with E-state index in [-0.39, 0.29) is 5.82 Å². The highest BCUT2D eigenvalue weighted by Gasteiger charge is 2.16. The molecule has 0 spiro atoms. The van der Waals surface area contributed by atoms with Gasteiger partial charge in [0.2, 0.25) is 0 Å². The summed E-state index contributed by atoms with van der Waals surface area (Å²) in [5, 5.41) is 6.53. The summed E-state index contributed by atoms with van der Waals surface area (Å²) in [6.45, 7) is 2.66. The van der Waals surface area contributed by atoms with Gasteiger partial charge in [-0.2, -0.15) is 5.10 Å². The van der Waals surface area contributed by atoms with E-state index in [9.17, 15) is 4.39 Å². The predicted molar refractivity (Wildman–Crippen MR) is 67.4 cm³/mol. The molecular formula is C12H12FN5. The number of halogens is 1. The second-order valence-electron chi connectivity index (χ2n) is 3.98. The largest absolute Gasteiger partial charge is 0.383 e. The van der Waals surface area contributed by atoms with Crippen LogP contribution in [-0.4, -0.2) is 19.7 Å². The van der Waals surface area contributed by atoms with Crippen molar-refractivity contribution in [1.29, 1.82) is 0 Å². The fourth-order valence-corrected chi connectivity index (χ4v) is 2.11. The molecule has 5 nitrogen and oxygen atoms in total. The van der Waals surface area contributed by atoms with Crippen LogP contribution in [0.2, 0.25) is 0 Å². The van der Waals surface area contributed by atoms with Crippen LogP contribution in [0.5, 0.6) is 0 Å². The number of H-pyrrole nitrogens is 1. The second-order valence-corrected chi connectivity index (χ2v) is 3.98. The Kier molecular flexibility index (Phi) is 2.29. The summed E-state index contributed by atoms with van der Waals surface area (Å²) < 4.78 is 15.6. The van der Waals surface area contributed by atoms with E-state index in [1.54, 1.807) is 12.3 Å². The highest BCUT2D eigenvalue weighted by Crippen LogP contribution is 2.28. The number of para-hydroxylation sites is 1. The van der Waals surface area contributed by atoms with Crippen LogP contribution in [-0.2, 0) is 6.54 Å². The van der Waals surface area contributed by atoms with E-state index in [2.05, 4.69) is 15.2 Å². The van der Waals surface area contributed by atoms with E-state index in [4.69, 9.17) is 5.73 Å². The van der Waals surface area contributed by atoms with Crippen molar-refractivity contribution in [1.82, 2.24) is 19.7 Å². The summed E-state index contributed by atoms with van der Waals surface area (Å²) in [7, 11) is 0. The number of benzene rings is 1. The lowest BCUT2D eigenvalue weighted by molar-refractivity contribution is 0.637. The Morgan fingerprint density at radius 2 is 2.28 bits per heavy atom. The first-order valence-electron chi connectivity index (χ1n) is 5.66. The normalized spacial score (nSPS) is 11.2. The number of nitrogens with two attached hydrogens (primary N) is 1. The van der Waals surface area contributed by atoms with E-state index in [1.807, 2.05) is 17.6 Å². The highest BCUT2D eigenvalue weighted by atomic mass is 19.1. The third kappa shape index (κ3) is 1.38. The molecule has 0 bridgehead atoms. The number of hydrogen-bond acceptors (Lipinski definition) is 3. The molecule has 0 unspecified atom stereocenters. The Balaban J connectivity index is 2.36. The lowest BCUT2D eigenvalue weighted by atomic mass is 10.3. The van der Waals surface area contributed by atoms with Crippen molar-refractivity contribution in [3.05, 3.63) is 30.2 Å². The van der Waals surface area contributed by atoms with Gasteiger partial charge in [0, 0.05) is 6.54 Å². The molecule has 0 saturated carbocycles. The number of imidazole rings is 1. The quantitative estimate of drug-likeness (QED) is 0.726. The van der Waals surface area contributed by atoms with Gasteiger partial charge in [0.15, 0.2) is 5.82 Å². The van der Waals surface area contributed by atoms with Crippen molar-refractivity contribution in [2.24, 2.45) is 0 Å². The molecule has 0 atom stereocenters. The summed E-state index contributed by atoms with van der Waals surface area (Å²) in [6.07, 6.45) is 1.60. The summed E-state index contributed by atoms with van der Waals surface area (Å²) in [6, 6.07) is 4.92. The molecule has 1 aromatic carbocycles. The first-order valence-corrected chi connectivity index (χ1v) is 5.66. The first kappa shape index (κ1) is 10.8. The summed E-state index contributed by atoms with van der Waals surface area (Å²) in [5.41, 5.74) is 7.59. The zero-order valence-electron chi connectivity index (χ0n) is 9.81. The van der Waals surface area contributed by atoms with Crippen LogP contribution in [0.15, 0.2) is 24.4 Å². The molecule has 0 fully saturated rings. The van der Waals surface area contributed by atoms with Crippen LogP contribution in [0.1, 0.15) is 6.92 Å². The van der Waals surface area contributed by atoms with Gasteiger partial charge in [-0.3, -0.25) is 5.10 Å². The average molecular weight is 245 g/mol. The van der Waals surface area contributed by atoms with Gasteiger partial charge in [-0.1, -0.05) is 6.07 Å². The fraction of sp³-hybridized carbons (Fsp3) is 0.167. The Bertz CT molecular complexity index is 712. The highest BCUT2D eigenvalue weighted by molar-refractivity contribution is 5.83. The number of anilines is 1. The molecule has 0 aliphatic carbocycles. The van der Waals surface area contributed by atoms with Gasteiger partial charge in [0.25, 0.3) is 0 Å². The van der Waals surface area contributed by atoms with Gasteiger partial charge in [-0.25, -0.2) is 9.37 Å². The van der Waals surface area contributed by atoms with Crippen LogP contribution >= 0.6 is 0 Å². The zero-order valence-corrected chi connectivity index (χ0v) is 9.81. The molecule has 2 aromatic heterocycles. The molecule has 0 saturated heterocycles. The topological polar surface area (TPSA) is 72.5 Å². The van der Waals surface area contributed by atoms with E-state index >= 15 is 0 Å². The lowest BCUT2D eigenvalue weighted by Crippen LogP contribution is -1.98. The van der Waals surface area contributed by atoms with E-state index in [1.165, 1.54) is 6.07 Å². The Hall–Kier alpha value is -2.37. The van der Waals surface area contributed by atoms with Crippen LogP contribution in [0.4, 0.5) is 10.2 Å². The molecule has 0 aliphatic heterocycles. The number of nitrogen functional groups attached to an aromatic ring is 1. The molecule has 0 aliphatic rings. The van der Waals surface area contributed by atoms with E-state index in [0.717, 1.165) is 5.52 Å². The Morgan fingerprint density at radius 3 is 2.94 bits per heavy atom. The van der Waals surface area contributed by atoms with Crippen molar-refractivity contribution in [3.63, 3.8) is 0 Å².